The number of hydrogen-bond acceptors (Lipinski definition) is 3. The molecule has 0 spiro atoms. The Bertz CT molecular complexity index is 344. The second-order valence-electron chi connectivity index (χ2n) is 3.07. The predicted octanol–water partition coefficient (Wildman–Crippen LogP) is 1.36. The molecule has 0 saturated carbocycles. The lowest BCUT2D eigenvalue weighted by Gasteiger charge is -2.15. The minimum atomic E-state index is -1.15. The molecule has 0 saturated heterocycles. The summed E-state index contributed by atoms with van der Waals surface area (Å²) in [7, 11) is 1.22. The van der Waals surface area contributed by atoms with Gasteiger partial charge in [-0.15, -0.1) is 0 Å². The Balaban J connectivity index is 3.18. The maximum absolute atomic E-state index is 13.3. The zero-order valence-corrected chi connectivity index (χ0v) is 8.34. The van der Waals surface area contributed by atoms with Gasteiger partial charge in [-0.1, -0.05) is 0 Å². The van der Waals surface area contributed by atoms with Crippen LogP contribution in [0.25, 0.3) is 0 Å². The van der Waals surface area contributed by atoms with Crippen molar-refractivity contribution in [3.63, 3.8) is 0 Å². The van der Waals surface area contributed by atoms with E-state index < -0.39 is 17.7 Å². The molecule has 0 aliphatic heterocycles. The molecule has 0 heterocycles. The molecule has 0 fully saturated rings. The molecule has 0 amide bonds. The molecule has 5 heteroatoms. The third-order valence-electron chi connectivity index (χ3n) is 2.07. The van der Waals surface area contributed by atoms with Gasteiger partial charge in [0.05, 0.1) is 18.8 Å². The molecule has 0 aliphatic carbocycles. The zero-order valence-electron chi connectivity index (χ0n) is 8.34. The van der Waals surface area contributed by atoms with E-state index in [0.717, 1.165) is 12.1 Å². The molecule has 0 aliphatic rings. The highest BCUT2D eigenvalue weighted by Crippen LogP contribution is 2.31. The van der Waals surface area contributed by atoms with Crippen LogP contribution in [-0.4, -0.2) is 18.8 Å². The van der Waals surface area contributed by atoms with Gasteiger partial charge in [-0.05, 0) is 25.1 Å². The molecule has 15 heavy (non-hydrogen) atoms. The van der Waals surface area contributed by atoms with Crippen molar-refractivity contribution in [2.24, 2.45) is 5.73 Å². The number of aliphatic hydroxyl groups excluding tert-OH is 1. The van der Waals surface area contributed by atoms with Gasteiger partial charge >= 0.3 is 0 Å². The number of halogens is 2. The second kappa shape index (κ2) is 5.04. The number of hydrogen-bond donors (Lipinski definition) is 2. The monoisotopic (exact) mass is 217 g/mol. The molecule has 1 atom stereocenters. The number of benzene rings is 1. The predicted molar refractivity (Wildman–Crippen MR) is 51.5 cm³/mol. The summed E-state index contributed by atoms with van der Waals surface area (Å²) < 4.78 is 31.2. The maximum Gasteiger partial charge on any atom is 0.165 e. The van der Waals surface area contributed by atoms with E-state index in [-0.39, 0.29) is 24.3 Å². The van der Waals surface area contributed by atoms with Crippen LogP contribution in [-0.2, 0) is 0 Å². The molecular formula is C10H13F2NO2. The Kier molecular flexibility index (Phi) is 3.99. The first kappa shape index (κ1) is 11.9. The molecule has 1 aromatic rings. The van der Waals surface area contributed by atoms with Crippen molar-refractivity contribution in [3.8, 4) is 5.75 Å². The van der Waals surface area contributed by atoms with Crippen molar-refractivity contribution in [2.45, 2.75) is 12.5 Å². The zero-order chi connectivity index (χ0) is 11.4. The van der Waals surface area contributed by atoms with Gasteiger partial charge in [0.1, 0.15) is 5.82 Å². The van der Waals surface area contributed by atoms with Crippen LogP contribution in [0, 0.1) is 11.6 Å². The number of nitrogens with two attached hydrogens (primary N) is 1. The van der Waals surface area contributed by atoms with Gasteiger partial charge in [0, 0.05) is 0 Å². The maximum atomic E-state index is 13.3. The molecule has 3 N–H and O–H groups in total. The normalized spacial score (nSPS) is 12.6. The quantitative estimate of drug-likeness (QED) is 0.800. The summed E-state index contributed by atoms with van der Waals surface area (Å²) in [4.78, 5) is 0. The Morgan fingerprint density at radius 2 is 2.00 bits per heavy atom. The van der Waals surface area contributed by atoms with Crippen molar-refractivity contribution < 1.29 is 18.6 Å². The Morgan fingerprint density at radius 3 is 2.53 bits per heavy atom. The van der Waals surface area contributed by atoms with Crippen LogP contribution in [0.1, 0.15) is 18.1 Å². The Hall–Kier alpha value is -1.20. The highest BCUT2D eigenvalue weighted by Gasteiger charge is 2.20. The molecule has 84 valence electrons. The topological polar surface area (TPSA) is 55.5 Å². The van der Waals surface area contributed by atoms with E-state index in [1.807, 2.05) is 0 Å². The van der Waals surface area contributed by atoms with Crippen molar-refractivity contribution >= 4 is 0 Å². The standard InChI is InChI=1S/C10H13F2NO2/c1-15-10-7(12)3-2-6(11)9(10)8(14)4-5-13/h2-3,8,14H,4-5,13H2,1H3. The number of aliphatic hydroxyl groups is 1. The summed E-state index contributed by atoms with van der Waals surface area (Å²) in [5.41, 5.74) is 5.05. The summed E-state index contributed by atoms with van der Waals surface area (Å²) in [5, 5.41) is 9.57. The average molecular weight is 217 g/mol. The lowest BCUT2D eigenvalue weighted by Crippen LogP contribution is -2.10. The second-order valence-corrected chi connectivity index (χ2v) is 3.07. The van der Waals surface area contributed by atoms with Crippen molar-refractivity contribution in [1.29, 1.82) is 0 Å². The van der Waals surface area contributed by atoms with E-state index in [2.05, 4.69) is 0 Å². The van der Waals surface area contributed by atoms with E-state index in [9.17, 15) is 13.9 Å². The number of rotatable bonds is 4. The van der Waals surface area contributed by atoms with Crippen LogP contribution >= 0.6 is 0 Å². The molecule has 0 bridgehead atoms. The fraction of sp³-hybridized carbons (Fsp3) is 0.400. The van der Waals surface area contributed by atoms with Gasteiger partial charge in [-0.3, -0.25) is 0 Å². The van der Waals surface area contributed by atoms with Crippen LogP contribution < -0.4 is 10.5 Å². The third kappa shape index (κ3) is 2.43. The summed E-state index contributed by atoms with van der Waals surface area (Å²) in [5.74, 6) is -1.67. The summed E-state index contributed by atoms with van der Waals surface area (Å²) in [6.07, 6.45) is -1.00. The van der Waals surface area contributed by atoms with Crippen molar-refractivity contribution in [1.82, 2.24) is 0 Å². The summed E-state index contributed by atoms with van der Waals surface area (Å²) >= 11 is 0. The van der Waals surface area contributed by atoms with Gasteiger partial charge in [-0.2, -0.15) is 0 Å². The molecule has 1 unspecified atom stereocenters. The van der Waals surface area contributed by atoms with Gasteiger partial charge in [-0.25, -0.2) is 8.78 Å². The SMILES string of the molecule is COc1c(F)ccc(F)c1C(O)CCN. The molecular weight excluding hydrogens is 204 g/mol. The fourth-order valence-corrected chi connectivity index (χ4v) is 1.37. The van der Waals surface area contributed by atoms with Crippen LogP contribution in [0.15, 0.2) is 12.1 Å². The molecule has 1 aromatic carbocycles. The lowest BCUT2D eigenvalue weighted by atomic mass is 10.0. The smallest absolute Gasteiger partial charge is 0.165 e. The van der Waals surface area contributed by atoms with E-state index in [1.54, 1.807) is 0 Å². The Morgan fingerprint density at radius 1 is 1.40 bits per heavy atom. The van der Waals surface area contributed by atoms with Gasteiger partial charge in [0.2, 0.25) is 0 Å². The highest BCUT2D eigenvalue weighted by atomic mass is 19.1. The largest absolute Gasteiger partial charge is 0.493 e. The van der Waals surface area contributed by atoms with Crippen LogP contribution in [0.2, 0.25) is 0 Å². The molecule has 3 nitrogen and oxygen atoms in total. The fourth-order valence-electron chi connectivity index (χ4n) is 1.37. The first-order chi connectivity index (χ1) is 7.11. The van der Waals surface area contributed by atoms with E-state index in [1.165, 1.54) is 7.11 Å². The minimum Gasteiger partial charge on any atom is -0.493 e. The minimum absolute atomic E-state index is 0.150. The van der Waals surface area contributed by atoms with Crippen LogP contribution in [0.3, 0.4) is 0 Å². The molecule has 0 radical (unpaired) electrons. The van der Waals surface area contributed by atoms with Gasteiger partial charge in [0.15, 0.2) is 11.6 Å². The van der Waals surface area contributed by atoms with Gasteiger partial charge in [0.25, 0.3) is 0 Å². The van der Waals surface area contributed by atoms with E-state index in [0.29, 0.717) is 0 Å². The summed E-state index contributed by atoms with van der Waals surface area (Å²) in [6, 6.07) is 1.90. The van der Waals surface area contributed by atoms with Crippen LogP contribution in [0.4, 0.5) is 8.78 Å². The Labute approximate surface area is 86.5 Å². The van der Waals surface area contributed by atoms with Crippen molar-refractivity contribution in [2.75, 3.05) is 13.7 Å². The first-order valence-corrected chi connectivity index (χ1v) is 4.51. The van der Waals surface area contributed by atoms with Crippen molar-refractivity contribution in [3.05, 3.63) is 29.3 Å². The molecule has 1 rings (SSSR count). The van der Waals surface area contributed by atoms with E-state index >= 15 is 0 Å². The number of ether oxygens (including phenoxy) is 1. The lowest BCUT2D eigenvalue weighted by molar-refractivity contribution is 0.160. The van der Waals surface area contributed by atoms with E-state index in [4.69, 9.17) is 10.5 Å². The summed E-state index contributed by atoms with van der Waals surface area (Å²) in [6.45, 7) is 0.181. The molecule has 0 aromatic heterocycles. The van der Waals surface area contributed by atoms with Gasteiger partial charge < -0.3 is 15.6 Å². The highest BCUT2D eigenvalue weighted by molar-refractivity contribution is 5.37. The number of methoxy groups -OCH3 is 1. The van der Waals surface area contributed by atoms with Crippen LogP contribution in [0.5, 0.6) is 5.75 Å². The third-order valence-corrected chi connectivity index (χ3v) is 2.07. The average Bonchev–Trinajstić information content (AvgIpc) is 2.21. The first-order valence-electron chi connectivity index (χ1n) is 4.51.